The number of nitrogens with two attached hydrogens (primary N) is 1. The van der Waals surface area contributed by atoms with Gasteiger partial charge in [0.15, 0.2) is 0 Å². The maximum atomic E-state index is 13.5. The summed E-state index contributed by atoms with van der Waals surface area (Å²) in [5, 5.41) is 17.7. The molecule has 0 saturated heterocycles. The summed E-state index contributed by atoms with van der Waals surface area (Å²) in [6, 6.07) is 4.05. The first-order chi connectivity index (χ1) is 8.04. The Balaban J connectivity index is 2.57. The van der Waals surface area contributed by atoms with Gasteiger partial charge in [-0.3, -0.25) is 4.79 Å². The highest BCUT2D eigenvalue weighted by atomic mass is 32.2. The highest BCUT2D eigenvalue weighted by Gasteiger charge is 2.08. The van der Waals surface area contributed by atoms with Gasteiger partial charge in [-0.05, 0) is 17.7 Å². The normalized spacial score (nSPS) is 12.4. The minimum Gasteiger partial charge on any atom is -0.394 e. The molecule has 1 amide bonds. The van der Waals surface area contributed by atoms with E-state index in [4.69, 9.17) is 15.9 Å². The summed E-state index contributed by atoms with van der Waals surface area (Å²) >= 11 is 1.30. The molecule has 1 unspecified atom stereocenters. The van der Waals surface area contributed by atoms with Crippen LogP contribution in [0.1, 0.15) is 15.9 Å². The average molecular weight is 259 g/mol. The molecule has 0 bridgehead atoms. The Hall–Kier alpha value is -1.11. The highest BCUT2D eigenvalue weighted by Crippen LogP contribution is 2.17. The number of halogens is 1. The van der Waals surface area contributed by atoms with Gasteiger partial charge in [0.1, 0.15) is 5.82 Å². The van der Waals surface area contributed by atoms with Crippen LogP contribution in [0.2, 0.25) is 0 Å². The summed E-state index contributed by atoms with van der Waals surface area (Å²) < 4.78 is 13.5. The number of carbonyl (C=O) groups is 1. The van der Waals surface area contributed by atoms with Gasteiger partial charge >= 0.3 is 0 Å². The lowest BCUT2D eigenvalue weighted by Gasteiger charge is -2.07. The molecule has 0 aromatic heterocycles. The fourth-order valence-electron chi connectivity index (χ4n) is 1.18. The molecule has 0 radical (unpaired) electrons. The quantitative estimate of drug-likeness (QED) is 0.695. The van der Waals surface area contributed by atoms with Crippen LogP contribution in [0.3, 0.4) is 0 Å². The van der Waals surface area contributed by atoms with Crippen molar-refractivity contribution in [3.8, 4) is 0 Å². The van der Waals surface area contributed by atoms with Crippen LogP contribution in [0.4, 0.5) is 4.39 Å². The van der Waals surface area contributed by atoms with Gasteiger partial charge in [-0.1, -0.05) is 6.07 Å². The maximum absolute atomic E-state index is 13.5. The van der Waals surface area contributed by atoms with Crippen molar-refractivity contribution in [3.05, 3.63) is 35.1 Å². The largest absolute Gasteiger partial charge is 0.394 e. The molecular formula is C11H14FNO3S. The Bertz CT molecular complexity index is 400. The van der Waals surface area contributed by atoms with Gasteiger partial charge in [0.05, 0.1) is 12.7 Å². The lowest BCUT2D eigenvalue weighted by Crippen LogP contribution is -2.15. The van der Waals surface area contributed by atoms with Crippen molar-refractivity contribution in [3.63, 3.8) is 0 Å². The van der Waals surface area contributed by atoms with Crippen molar-refractivity contribution in [2.24, 2.45) is 5.73 Å². The number of thioether (sulfide) groups is 1. The summed E-state index contributed by atoms with van der Waals surface area (Å²) in [6.45, 7) is -0.309. The van der Waals surface area contributed by atoms with E-state index in [0.29, 0.717) is 17.1 Å². The van der Waals surface area contributed by atoms with Gasteiger partial charge < -0.3 is 15.9 Å². The molecule has 0 aliphatic rings. The average Bonchev–Trinajstić information content (AvgIpc) is 2.30. The molecule has 0 spiro atoms. The third-order valence-electron chi connectivity index (χ3n) is 2.12. The molecule has 1 aromatic carbocycles. The molecule has 0 heterocycles. The predicted molar refractivity (Wildman–Crippen MR) is 64.2 cm³/mol. The van der Waals surface area contributed by atoms with E-state index < -0.39 is 17.8 Å². The Morgan fingerprint density at radius 2 is 2.24 bits per heavy atom. The maximum Gasteiger partial charge on any atom is 0.248 e. The second-order valence-corrected chi connectivity index (χ2v) is 4.55. The first-order valence-corrected chi connectivity index (χ1v) is 6.15. The minimum absolute atomic E-state index is 0.131. The number of amides is 1. The number of primary amides is 1. The zero-order chi connectivity index (χ0) is 12.8. The number of hydrogen-bond donors (Lipinski definition) is 3. The van der Waals surface area contributed by atoms with Crippen molar-refractivity contribution in [1.29, 1.82) is 0 Å². The van der Waals surface area contributed by atoms with E-state index in [1.165, 1.54) is 23.9 Å². The third-order valence-corrected chi connectivity index (χ3v) is 3.25. The molecule has 4 N–H and O–H groups in total. The summed E-state index contributed by atoms with van der Waals surface area (Å²) in [6.07, 6.45) is -0.798. The predicted octanol–water partition coefficient (Wildman–Crippen LogP) is 0.511. The first kappa shape index (κ1) is 14.0. The number of carbonyl (C=O) groups excluding carboxylic acids is 1. The SMILES string of the molecule is NC(=O)c1ccc(CSCC(O)CO)c(F)c1. The van der Waals surface area contributed by atoms with E-state index in [9.17, 15) is 9.18 Å². The van der Waals surface area contributed by atoms with E-state index in [1.54, 1.807) is 0 Å². The van der Waals surface area contributed by atoms with Crippen LogP contribution in [-0.4, -0.2) is 34.6 Å². The van der Waals surface area contributed by atoms with Crippen LogP contribution < -0.4 is 5.73 Å². The summed E-state index contributed by atoms with van der Waals surface area (Å²) in [5.74, 6) is -0.471. The van der Waals surface area contributed by atoms with Gasteiger partial charge in [-0.15, -0.1) is 0 Å². The molecule has 0 aliphatic carbocycles. The van der Waals surface area contributed by atoms with Crippen molar-refractivity contribution in [1.82, 2.24) is 0 Å². The Kier molecular flexibility index (Phi) is 5.40. The van der Waals surface area contributed by atoms with Gasteiger partial charge in [0, 0.05) is 17.1 Å². The van der Waals surface area contributed by atoms with E-state index in [-0.39, 0.29) is 12.2 Å². The van der Waals surface area contributed by atoms with Crippen LogP contribution in [0.5, 0.6) is 0 Å². The molecule has 1 atom stereocenters. The fourth-order valence-corrected chi connectivity index (χ4v) is 2.12. The van der Waals surface area contributed by atoms with Crippen LogP contribution in [0.15, 0.2) is 18.2 Å². The second-order valence-electron chi connectivity index (χ2n) is 3.52. The standard InChI is InChI=1S/C11H14FNO3S/c12-10-3-7(11(13)16)1-2-8(10)5-17-6-9(15)4-14/h1-3,9,14-15H,4-6H2,(H2,13,16). The molecule has 1 rings (SSSR count). The van der Waals surface area contributed by atoms with Gasteiger partial charge in [0.25, 0.3) is 0 Å². The van der Waals surface area contributed by atoms with Crippen LogP contribution in [0.25, 0.3) is 0 Å². The first-order valence-electron chi connectivity index (χ1n) is 4.99. The summed E-state index contributed by atoms with van der Waals surface area (Å²) in [7, 11) is 0. The lowest BCUT2D eigenvalue weighted by molar-refractivity contribution is 0.1000. The van der Waals surface area contributed by atoms with E-state index in [0.717, 1.165) is 6.07 Å². The molecule has 6 heteroatoms. The fraction of sp³-hybridized carbons (Fsp3) is 0.364. The second kappa shape index (κ2) is 6.58. The topological polar surface area (TPSA) is 83.6 Å². The van der Waals surface area contributed by atoms with Crippen LogP contribution >= 0.6 is 11.8 Å². The molecule has 1 aromatic rings. The summed E-state index contributed by atoms with van der Waals surface area (Å²) in [4.78, 5) is 10.8. The molecule has 94 valence electrons. The number of rotatable bonds is 6. The van der Waals surface area contributed by atoms with Gasteiger partial charge in [-0.2, -0.15) is 11.8 Å². The molecule has 0 fully saturated rings. The summed E-state index contributed by atoms with van der Waals surface area (Å²) in [5.41, 5.74) is 5.59. The number of aliphatic hydroxyl groups is 2. The Morgan fingerprint density at radius 1 is 1.53 bits per heavy atom. The molecular weight excluding hydrogens is 245 g/mol. The molecule has 0 aliphatic heterocycles. The monoisotopic (exact) mass is 259 g/mol. The Morgan fingerprint density at radius 3 is 2.76 bits per heavy atom. The number of hydrogen-bond acceptors (Lipinski definition) is 4. The zero-order valence-corrected chi connectivity index (χ0v) is 9.91. The van der Waals surface area contributed by atoms with E-state index in [2.05, 4.69) is 0 Å². The number of aliphatic hydroxyl groups excluding tert-OH is 2. The lowest BCUT2D eigenvalue weighted by atomic mass is 10.1. The molecule has 17 heavy (non-hydrogen) atoms. The van der Waals surface area contributed by atoms with Gasteiger partial charge in [-0.25, -0.2) is 4.39 Å². The number of benzene rings is 1. The van der Waals surface area contributed by atoms with Gasteiger partial charge in [0.2, 0.25) is 5.91 Å². The van der Waals surface area contributed by atoms with Crippen LogP contribution in [-0.2, 0) is 5.75 Å². The van der Waals surface area contributed by atoms with Crippen molar-refractivity contribution >= 4 is 17.7 Å². The smallest absolute Gasteiger partial charge is 0.248 e. The molecule has 0 saturated carbocycles. The van der Waals surface area contributed by atoms with Crippen molar-refractivity contribution in [2.75, 3.05) is 12.4 Å². The van der Waals surface area contributed by atoms with E-state index in [1.807, 2.05) is 0 Å². The van der Waals surface area contributed by atoms with E-state index >= 15 is 0 Å². The Labute approximate surface area is 103 Å². The minimum atomic E-state index is -0.798. The molecule has 4 nitrogen and oxygen atoms in total. The highest BCUT2D eigenvalue weighted by molar-refractivity contribution is 7.98. The van der Waals surface area contributed by atoms with Crippen LogP contribution in [0, 0.1) is 5.82 Å². The third kappa shape index (κ3) is 4.33. The van der Waals surface area contributed by atoms with Crippen molar-refractivity contribution < 1.29 is 19.4 Å². The van der Waals surface area contributed by atoms with Crippen molar-refractivity contribution in [2.45, 2.75) is 11.9 Å². The zero-order valence-electron chi connectivity index (χ0n) is 9.10.